The van der Waals surface area contributed by atoms with E-state index in [1.54, 1.807) is 37.4 Å². The summed E-state index contributed by atoms with van der Waals surface area (Å²) in [6, 6.07) is 14.6. The van der Waals surface area contributed by atoms with Crippen LogP contribution in [-0.4, -0.2) is 20.4 Å². The molecule has 0 saturated heterocycles. The van der Waals surface area contributed by atoms with Gasteiger partial charge in [0.15, 0.2) is 0 Å². The Kier molecular flexibility index (Phi) is 6.20. The molecule has 5 nitrogen and oxygen atoms in total. The second-order valence-electron chi connectivity index (χ2n) is 7.17. The van der Waals surface area contributed by atoms with E-state index in [0.29, 0.717) is 39.9 Å². The van der Waals surface area contributed by atoms with E-state index >= 15 is 0 Å². The average molecular weight is 457 g/mol. The zero-order chi connectivity index (χ0) is 22.0. The molecule has 0 saturated carbocycles. The van der Waals surface area contributed by atoms with E-state index in [9.17, 15) is 9.18 Å². The van der Waals surface area contributed by atoms with Crippen LogP contribution in [0.15, 0.2) is 60.8 Å². The minimum Gasteiger partial charge on any atom is -0.349 e. The highest BCUT2D eigenvalue weighted by Gasteiger charge is 2.22. The van der Waals surface area contributed by atoms with Gasteiger partial charge in [0.05, 0.1) is 33.3 Å². The molecule has 0 fully saturated rings. The van der Waals surface area contributed by atoms with Crippen LogP contribution in [0.2, 0.25) is 10.0 Å². The van der Waals surface area contributed by atoms with E-state index in [2.05, 4.69) is 15.3 Å². The molecule has 2 heterocycles. The predicted molar refractivity (Wildman–Crippen MR) is 120 cm³/mol. The van der Waals surface area contributed by atoms with Crippen LogP contribution in [0.4, 0.5) is 4.39 Å². The maximum atomic E-state index is 13.3. The average Bonchev–Trinajstić information content (AvgIpc) is 3.10. The first-order valence-corrected chi connectivity index (χ1v) is 10.5. The van der Waals surface area contributed by atoms with Crippen LogP contribution in [-0.2, 0) is 17.8 Å². The minimum atomic E-state index is -0.568. The summed E-state index contributed by atoms with van der Waals surface area (Å²) >= 11 is 12.4. The Balaban J connectivity index is 1.68. The van der Waals surface area contributed by atoms with Gasteiger partial charge in [0, 0.05) is 12.6 Å². The molecule has 1 N–H and O–H groups in total. The van der Waals surface area contributed by atoms with Crippen LogP contribution in [0.25, 0.3) is 11.0 Å². The van der Waals surface area contributed by atoms with Crippen molar-refractivity contribution in [3.8, 4) is 0 Å². The largest absolute Gasteiger partial charge is 0.349 e. The summed E-state index contributed by atoms with van der Waals surface area (Å²) < 4.78 is 15.2. The van der Waals surface area contributed by atoms with Crippen molar-refractivity contribution in [2.24, 2.45) is 0 Å². The number of nitrogens with one attached hydrogen (secondary N) is 1. The van der Waals surface area contributed by atoms with Crippen molar-refractivity contribution in [1.29, 1.82) is 0 Å². The normalized spacial score (nSPS) is 12.1. The van der Waals surface area contributed by atoms with E-state index in [0.717, 1.165) is 11.3 Å². The van der Waals surface area contributed by atoms with Crippen molar-refractivity contribution in [2.75, 3.05) is 0 Å². The van der Waals surface area contributed by atoms with Gasteiger partial charge in [-0.2, -0.15) is 0 Å². The molecule has 4 rings (SSSR count). The highest BCUT2D eigenvalue weighted by Crippen LogP contribution is 2.31. The third-order valence-electron chi connectivity index (χ3n) is 5.02. The summed E-state index contributed by atoms with van der Waals surface area (Å²) in [6.07, 6.45) is 2.10. The lowest BCUT2D eigenvalue weighted by Gasteiger charge is -2.18. The Morgan fingerprint density at radius 3 is 2.58 bits per heavy atom. The van der Waals surface area contributed by atoms with Gasteiger partial charge in [-0.25, -0.2) is 9.37 Å². The molecule has 2 aromatic carbocycles. The number of fused-ring (bicyclic) bond motifs is 1. The number of hydrogen-bond donors (Lipinski definition) is 1. The molecule has 4 aromatic rings. The van der Waals surface area contributed by atoms with Crippen molar-refractivity contribution in [2.45, 2.75) is 25.9 Å². The van der Waals surface area contributed by atoms with E-state index < -0.39 is 6.04 Å². The standard InChI is InChI=1S/C23H19Cl2FN4O/c1-14(23(31)28-13-17-4-2-3-9-27-17)30-21-12-19(25)18(24)11-20(21)29-22(30)10-15-5-7-16(26)8-6-15/h2-9,11-12,14H,10,13H2,1H3,(H,28,31). The van der Waals surface area contributed by atoms with Gasteiger partial charge in [0.25, 0.3) is 0 Å². The van der Waals surface area contributed by atoms with Crippen LogP contribution >= 0.6 is 23.2 Å². The second-order valence-corrected chi connectivity index (χ2v) is 7.99. The van der Waals surface area contributed by atoms with Crippen LogP contribution in [0.5, 0.6) is 0 Å². The Bertz CT molecular complexity index is 1230. The molecule has 0 aliphatic heterocycles. The number of benzene rings is 2. The first kappa shape index (κ1) is 21.3. The van der Waals surface area contributed by atoms with Crippen LogP contribution in [0.1, 0.15) is 30.0 Å². The monoisotopic (exact) mass is 456 g/mol. The molecular formula is C23H19Cl2FN4O. The number of rotatable bonds is 6. The van der Waals surface area contributed by atoms with Gasteiger partial charge >= 0.3 is 0 Å². The number of aromatic nitrogens is 3. The molecule has 0 bridgehead atoms. The Labute approximate surface area is 188 Å². The van der Waals surface area contributed by atoms with E-state index in [1.807, 2.05) is 22.8 Å². The fourth-order valence-electron chi connectivity index (χ4n) is 3.43. The number of halogens is 3. The Hall–Kier alpha value is -2.96. The second kappa shape index (κ2) is 9.04. The zero-order valence-corrected chi connectivity index (χ0v) is 18.2. The van der Waals surface area contributed by atoms with Crippen molar-refractivity contribution >= 4 is 40.1 Å². The Morgan fingerprint density at radius 1 is 1.13 bits per heavy atom. The number of amides is 1. The number of carbonyl (C=O) groups is 1. The molecule has 8 heteroatoms. The molecule has 0 spiro atoms. The lowest BCUT2D eigenvalue weighted by molar-refractivity contribution is -0.124. The number of nitrogens with zero attached hydrogens (tertiary/aromatic N) is 3. The molecule has 0 aliphatic carbocycles. The minimum absolute atomic E-state index is 0.184. The van der Waals surface area contributed by atoms with Gasteiger partial charge in [0.1, 0.15) is 17.7 Å². The number of hydrogen-bond acceptors (Lipinski definition) is 3. The summed E-state index contributed by atoms with van der Waals surface area (Å²) in [7, 11) is 0. The first-order valence-electron chi connectivity index (χ1n) is 9.70. The van der Waals surface area contributed by atoms with Crippen molar-refractivity contribution in [3.63, 3.8) is 0 Å². The van der Waals surface area contributed by atoms with Crippen LogP contribution < -0.4 is 5.32 Å². The molecule has 31 heavy (non-hydrogen) atoms. The molecule has 0 aliphatic rings. The van der Waals surface area contributed by atoms with Crippen molar-refractivity contribution in [1.82, 2.24) is 19.9 Å². The highest BCUT2D eigenvalue weighted by molar-refractivity contribution is 6.42. The summed E-state index contributed by atoms with van der Waals surface area (Å²) in [5.41, 5.74) is 2.97. The lowest BCUT2D eigenvalue weighted by atomic mass is 10.1. The molecule has 1 atom stereocenters. The fraction of sp³-hybridized carbons (Fsp3) is 0.174. The van der Waals surface area contributed by atoms with E-state index in [1.165, 1.54) is 12.1 Å². The number of carbonyl (C=O) groups excluding carboxylic acids is 1. The molecule has 1 unspecified atom stereocenters. The number of pyridine rings is 1. The van der Waals surface area contributed by atoms with Crippen molar-refractivity contribution < 1.29 is 9.18 Å². The van der Waals surface area contributed by atoms with Crippen LogP contribution in [0, 0.1) is 5.82 Å². The molecule has 1 amide bonds. The quantitative estimate of drug-likeness (QED) is 0.425. The van der Waals surface area contributed by atoms with Gasteiger partial charge in [-0.15, -0.1) is 0 Å². The third kappa shape index (κ3) is 4.70. The topological polar surface area (TPSA) is 59.8 Å². The zero-order valence-electron chi connectivity index (χ0n) is 16.6. The smallest absolute Gasteiger partial charge is 0.243 e. The van der Waals surface area contributed by atoms with Gasteiger partial charge in [0.2, 0.25) is 5.91 Å². The maximum absolute atomic E-state index is 13.3. The summed E-state index contributed by atoms with van der Waals surface area (Å²) in [4.78, 5) is 21.9. The summed E-state index contributed by atoms with van der Waals surface area (Å²) in [6.45, 7) is 2.11. The summed E-state index contributed by atoms with van der Waals surface area (Å²) in [5.74, 6) is 0.162. The van der Waals surface area contributed by atoms with Gasteiger partial charge in [-0.05, 0) is 48.9 Å². The predicted octanol–water partition coefficient (Wildman–Crippen LogP) is 5.35. The molecule has 2 aromatic heterocycles. The SMILES string of the molecule is CC(C(=O)NCc1ccccn1)n1c(Cc2ccc(F)cc2)nc2cc(Cl)c(Cl)cc21. The lowest BCUT2D eigenvalue weighted by Crippen LogP contribution is -2.31. The summed E-state index contributed by atoms with van der Waals surface area (Å²) in [5, 5.41) is 3.69. The van der Waals surface area contributed by atoms with Gasteiger partial charge < -0.3 is 9.88 Å². The van der Waals surface area contributed by atoms with Crippen LogP contribution in [0.3, 0.4) is 0 Å². The molecule has 0 radical (unpaired) electrons. The fourth-order valence-corrected chi connectivity index (χ4v) is 3.74. The Morgan fingerprint density at radius 2 is 1.87 bits per heavy atom. The van der Waals surface area contributed by atoms with Gasteiger partial charge in [-0.1, -0.05) is 41.4 Å². The van der Waals surface area contributed by atoms with E-state index in [-0.39, 0.29) is 11.7 Å². The molecule has 158 valence electrons. The third-order valence-corrected chi connectivity index (χ3v) is 5.74. The van der Waals surface area contributed by atoms with Gasteiger partial charge in [-0.3, -0.25) is 9.78 Å². The number of imidazole rings is 1. The van der Waals surface area contributed by atoms with E-state index in [4.69, 9.17) is 23.2 Å². The highest BCUT2D eigenvalue weighted by atomic mass is 35.5. The first-order chi connectivity index (χ1) is 14.9. The van der Waals surface area contributed by atoms with Crippen molar-refractivity contribution in [3.05, 3.63) is 93.7 Å². The maximum Gasteiger partial charge on any atom is 0.243 e. The molecular weight excluding hydrogens is 438 g/mol.